The van der Waals surface area contributed by atoms with E-state index in [1.807, 2.05) is 0 Å². The standard InChI is InChI=1S/C14H28N2O/c1-5-6-14(7-8-15-10-14)13(17)16-9-12(4)11(2)3/h11-12,15H,5-10H2,1-4H3,(H,16,17). The van der Waals surface area contributed by atoms with Crippen LogP contribution in [0.2, 0.25) is 0 Å². The smallest absolute Gasteiger partial charge is 0.227 e. The second-order valence-corrected chi connectivity index (χ2v) is 5.89. The van der Waals surface area contributed by atoms with Crippen molar-refractivity contribution in [2.75, 3.05) is 19.6 Å². The summed E-state index contributed by atoms with van der Waals surface area (Å²) in [7, 11) is 0. The average molecular weight is 240 g/mol. The maximum atomic E-state index is 12.3. The number of carbonyl (C=O) groups is 1. The summed E-state index contributed by atoms with van der Waals surface area (Å²) < 4.78 is 0. The third kappa shape index (κ3) is 3.70. The Labute approximate surface area is 106 Å². The molecule has 2 atom stereocenters. The first-order chi connectivity index (χ1) is 8.02. The molecule has 3 nitrogen and oxygen atoms in total. The molecule has 1 aliphatic rings. The van der Waals surface area contributed by atoms with Gasteiger partial charge < -0.3 is 10.6 Å². The average Bonchev–Trinajstić information content (AvgIpc) is 2.75. The maximum Gasteiger partial charge on any atom is 0.227 e. The predicted octanol–water partition coefficient (Wildman–Crippen LogP) is 2.17. The second kappa shape index (κ2) is 6.39. The molecule has 1 heterocycles. The van der Waals surface area contributed by atoms with Gasteiger partial charge in [0.05, 0.1) is 5.41 Å². The lowest BCUT2D eigenvalue weighted by Gasteiger charge is -2.27. The molecule has 1 saturated heterocycles. The van der Waals surface area contributed by atoms with Gasteiger partial charge in [0.1, 0.15) is 0 Å². The molecule has 1 fully saturated rings. The molecule has 0 aromatic rings. The van der Waals surface area contributed by atoms with Gasteiger partial charge in [0, 0.05) is 13.1 Å². The van der Waals surface area contributed by atoms with Crippen LogP contribution in [-0.4, -0.2) is 25.5 Å². The lowest BCUT2D eigenvalue weighted by Crippen LogP contribution is -2.44. The quantitative estimate of drug-likeness (QED) is 0.747. The molecule has 1 amide bonds. The summed E-state index contributed by atoms with van der Waals surface area (Å²) in [6.07, 6.45) is 3.07. The normalized spacial score (nSPS) is 26.2. The van der Waals surface area contributed by atoms with E-state index in [0.717, 1.165) is 38.9 Å². The van der Waals surface area contributed by atoms with E-state index in [9.17, 15) is 4.79 Å². The highest BCUT2D eigenvalue weighted by molar-refractivity contribution is 5.83. The lowest BCUT2D eigenvalue weighted by atomic mass is 9.81. The van der Waals surface area contributed by atoms with Gasteiger partial charge in [-0.1, -0.05) is 34.1 Å². The zero-order chi connectivity index (χ0) is 12.9. The minimum absolute atomic E-state index is 0.133. The minimum Gasteiger partial charge on any atom is -0.355 e. The molecule has 2 N–H and O–H groups in total. The Bertz CT molecular complexity index is 245. The third-order valence-corrected chi connectivity index (χ3v) is 4.18. The molecule has 3 heteroatoms. The lowest BCUT2D eigenvalue weighted by molar-refractivity contribution is -0.130. The van der Waals surface area contributed by atoms with Gasteiger partial charge in [-0.3, -0.25) is 4.79 Å². The van der Waals surface area contributed by atoms with Crippen molar-refractivity contribution in [2.24, 2.45) is 17.3 Å². The van der Waals surface area contributed by atoms with Gasteiger partial charge in [-0.05, 0) is 31.2 Å². The van der Waals surface area contributed by atoms with Crippen LogP contribution in [0.3, 0.4) is 0 Å². The molecule has 2 unspecified atom stereocenters. The first kappa shape index (κ1) is 14.5. The second-order valence-electron chi connectivity index (χ2n) is 5.89. The molecule has 100 valence electrons. The summed E-state index contributed by atoms with van der Waals surface area (Å²) >= 11 is 0. The van der Waals surface area contributed by atoms with Crippen molar-refractivity contribution in [1.82, 2.24) is 10.6 Å². The molecule has 0 bridgehead atoms. The van der Waals surface area contributed by atoms with Gasteiger partial charge in [0.25, 0.3) is 0 Å². The van der Waals surface area contributed by atoms with Crippen LogP contribution >= 0.6 is 0 Å². The summed E-state index contributed by atoms with van der Waals surface area (Å²) in [6.45, 7) is 11.4. The molecule has 1 rings (SSSR count). The van der Waals surface area contributed by atoms with Crippen molar-refractivity contribution in [3.8, 4) is 0 Å². The maximum absolute atomic E-state index is 12.3. The Morgan fingerprint density at radius 1 is 1.41 bits per heavy atom. The van der Waals surface area contributed by atoms with Crippen molar-refractivity contribution < 1.29 is 4.79 Å². The topological polar surface area (TPSA) is 41.1 Å². The Balaban J connectivity index is 2.49. The number of nitrogens with one attached hydrogen (secondary N) is 2. The fraction of sp³-hybridized carbons (Fsp3) is 0.929. The van der Waals surface area contributed by atoms with Crippen molar-refractivity contribution in [3.63, 3.8) is 0 Å². The van der Waals surface area contributed by atoms with E-state index in [-0.39, 0.29) is 11.3 Å². The SMILES string of the molecule is CCCC1(C(=O)NCC(C)C(C)C)CCNC1. The van der Waals surface area contributed by atoms with Crippen LogP contribution < -0.4 is 10.6 Å². The Hall–Kier alpha value is -0.570. The first-order valence-electron chi connectivity index (χ1n) is 7.01. The van der Waals surface area contributed by atoms with Crippen molar-refractivity contribution >= 4 is 5.91 Å². The molecule has 0 saturated carbocycles. The van der Waals surface area contributed by atoms with E-state index in [4.69, 9.17) is 0 Å². The van der Waals surface area contributed by atoms with Gasteiger partial charge in [-0.2, -0.15) is 0 Å². The fourth-order valence-electron chi connectivity index (χ4n) is 2.42. The Morgan fingerprint density at radius 3 is 2.59 bits per heavy atom. The zero-order valence-electron chi connectivity index (χ0n) is 11.8. The number of hydrogen-bond donors (Lipinski definition) is 2. The van der Waals surface area contributed by atoms with Crippen molar-refractivity contribution in [3.05, 3.63) is 0 Å². The Morgan fingerprint density at radius 2 is 2.12 bits per heavy atom. The highest BCUT2D eigenvalue weighted by atomic mass is 16.2. The molecular weight excluding hydrogens is 212 g/mol. The molecule has 0 aliphatic carbocycles. The van der Waals surface area contributed by atoms with Crippen LogP contribution in [0.25, 0.3) is 0 Å². The molecule has 0 aromatic carbocycles. The van der Waals surface area contributed by atoms with Gasteiger partial charge in [-0.15, -0.1) is 0 Å². The van der Waals surface area contributed by atoms with Gasteiger partial charge >= 0.3 is 0 Å². The molecule has 17 heavy (non-hydrogen) atoms. The van der Waals surface area contributed by atoms with Gasteiger partial charge in [0.15, 0.2) is 0 Å². The Kier molecular flexibility index (Phi) is 5.44. The fourth-order valence-corrected chi connectivity index (χ4v) is 2.42. The highest BCUT2D eigenvalue weighted by Gasteiger charge is 2.40. The van der Waals surface area contributed by atoms with Crippen LogP contribution in [0.15, 0.2) is 0 Å². The van der Waals surface area contributed by atoms with Gasteiger partial charge in [0.2, 0.25) is 5.91 Å². The first-order valence-corrected chi connectivity index (χ1v) is 7.01. The number of carbonyl (C=O) groups excluding carboxylic acids is 1. The van der Waals surface area contributed by atoms with E-state index in [0.29, 0.717) is 11.8 Å². The van der Waals surface area contributed by atoms with Crippen LogP contribution in [0.4, 0.5) is 0 Å². The van der Waals surface area contributed by atoms with Crippen LogP contribution in [0.1, 0.15) is 47.0 Å². The molecule has 0 radical (unpaired) electrons. The molecule has 1 aliphatic heterocycles. The predicted molar refractivity (Wildman–Crippen MR) is 71.8 cm³/mol. The zero-order valence-corrected chi connectivity index (χ0v) is 11.8. The monoisotopic (exact) mass is 240 g/mol. The summed E-state index contributed by atoms with van der Waals surface area (Å²) in [5.74, 6) is 1.43. The minimum atomic E-state index is -0.133. The number of rotatable bonds is 6. The van der Waals surface area contributed by atoms with Crippen molar-refractivity contribution in [1.29, 1.82) is 0 Å². The van der Waals surface area contributed by atoms with E-state index < -0.39 is 0 Å². The van der Waals surface area contributed by atoms with E-state index in [1.165, 1.54) is 0 Å². The van der Waals surface area contributed by atoms with Gasteiger partial charge in [-0.25, -0.2) is 0 Å². The largest absolute Gasteiger partial charge is 0.355 e. The van der Waals surface area contributed by atoms with E-state index >= 15 is 0 Å². The van der Waals surface area contributed by atoms with Crippen LogP contribution in [0.5, 0.6) is 0 Å². The molecule has 0 aromatic heterocycles. The van der Waals surface area contributed by atoms with E-state index in [1.54, 1.807) is 0 Å². The summed E-state index contributed by atoms with van der Waals surface area (Å²) in [4.78, 5) is 12.3. The highest BCUT2D eigenvalue weighted by Crippen LogP contribution is 2.31. The number of hydrogen-bond acceptors (Lipinski definition) is 2. The third-order valence-electron chi connectivity index (χ3n) is 4.18. The summed E-state index contributed by atoms with van der Waals surface area (Å²) in [6, 6.07) is 0. The molecular formula is C14H28N2O. The van der Waals surface area contributed by atoms with Crippen LogP contribution in [-0.2, 0) is 4.79 Å². The van der Waals surface area contributed by atoms with E-state index in [2.05, 4.69) is 38.3 Å². The van der Waals surface area contributed by atoms with Crippen LogP contribution in [0, 0.1) is 17.3 Å². The number of amides is 1. The summed E-state index contributed by atoms with van der Waals surface area (Å²) in [5.41, 5.74) is -0.133. The van der Waals surface area contributed by atoms with Crippen molar-refractivity contribution in [2.45, 2.75) is 47.0 Å². The summed E-state index contributed by atoms with van der Waals surface area (Å²) in [5, 5.41) is 6.48. The molecule has 0 spiro atoms.